The van der Waals surface area contributed by atoms with E-state index in [2.05, 4.69) is 26.7 Å². The summed E-state index contributed by atoms with van der Waals surface area (Å²) in [5.41, 5.74) is 2.32. The van der Waals surface area contributed by atoms with Gasteiger partial charge in [0.2, 0.25) is 0 Å². The van der Waals surface area contributed by atoms with Gasteiger partial charge in [0.05, 0.1) is 30.0 Å². The summed E-state index contributed by atoms with van der Waals surface area (Å²) in [6.45, 7) is 4.16. The van der Waals surface area contributed by atoms with Gasteiger partial charge in [0.15, 0.2) is 6.10 Å². The number of amides is 1. The van der Waals surface area contributed by atoms with Crippen LogP contribution in [0.25, 0.3) is 5.52 Å². The average molecular weight is 380 g/mol. The van der Waals surface area contributed by atoms with Crippen molar-refractivity contribution in [2.45, 2.75) is 44.1 Å². The summed E-state index contributed by atoms with van der Waals surface area (Å²) >= 11 is 0. The van der Waals surface area contributed by atoms with Crippen LogP contribution in [0.4, 0.5) is 5.69 Å². The number of ether oxygens (including phenoxy) is 1. The van der Waals surface area contributed by atoms with Crippen molar-refractivity contribution in [3.63, 3.8) is 0 Å². The van der Waals surface area contributed by atoms with Crippen molar-refractivity contribution in [2.75, 3.05) is 24.5 Å². The third-order valence-electron chi connectivity index (χ3n) is 6.23. The van der Waals surface area contributed by atoms with Crippen molar-refractivity contribution in [3.05, 3.63) is 30.1 Å². The minimum absolute atomic E-state index is 0.0210. The fourth-order valence-corrected chi connectivity index (χ4v) is 4.94. The maximum Gasteiger partial charge on any atom is 0.251 e. The van der Waals surface area contributed by atoms with Gasteiger partial charge in [-0.2, -0.15) is 10.4 Å². The molecule has 0 aromatic carbocycles. The van der Waals surface area contributed by atoms with E-state index in [0.717, 1.165) is 30.6 Å². The second kappa shape index (κ2) is 6.76. The van der Waals surface area contributed by atoms with Gasteiger partial charge in [-0.25, -0.2) is 4.52 Å². The topological polar surface area (TPSA) is 94.7 Å². The van der Waals surface area contributed by atoms with Crippen LogP contribution in [0.15, 0.2) is 24.4 Å². The largest absolute Gasteiger partial charge is 0.364 e. The summed E-state index contributed by atoms with van der Waals surface area (Å²) in [7, 11) is 0. The molecule has 146 valence electrons. The van der Waals surface area contributed by atoms with E-state index in [0.29, 0.717) is 30.7 Å². The van der Waals surface area contributed by atoms with Crippen molar-refractivity contribution in [2.24, 2.45) is 5.92 Å². The molecule has 28 heavy (non-hydrogen) atoms. The lowest BCUT2D eigenvalue weighted by Crippen LogP contribution is -2.55. The minimum Gasteiger partial charge on any atom is -0.364 e. The third-order valence-corrected chi connectivity index (χ3v) is 6.23. The monoisotopic (exact) mass is 380 g/mol. The van der Waals surface area contributed by atoms with Gasteiger partial charge in [-0.05, 0) is 43.9 Å². The molecule has 3 aliphatic rings. The van der Waals surface area contributed by atoms with E-state index < -0.39 is 6.10 Å². The van der Waals surface area contributed by atoms with Crippen molar-refractivity contribution in [3.8, 4) is 6.07 Å². The van der Waals surface area contributed by atoms with Crippen LogP contribution in [0.3, 0.4) is 0 Å². The van der Waals surface area contributed by atoms with E-state index in [4.69, 9.17) is 4.74 Å². The second-order valence-corrected chi connectivity index (χ2v) is 8.14. The van der Waals surface area contributed by atoms with Crippen LogP contribution in [-0.4, -0.2) is 59.4 Å². The lowest BCUT2D eigenvalue weighted by molar-refractivity contribution is -0.138. The van der Waals surface area contributed by atoms with Crippen molar-refractivity contribution in [1.29, 1.82) is 5.26 Å². The van der Waals surface area contributed by atoms with Gasteiger partial charge in [-0.1, -0.05) is 0 Å². The lowest BCUT2D eigenvalue weighted by Gasteiger charge is -2.38. The Balaban J connectivity index is 1.35. The summed E-state index contributed by atoms with van der Waals surface area (Å²) in [5.74, 6) is 0.517. The number of pyridine rings is 1. The third kappa shape index (κ3) is 2.91. The quantitative estimate of drug-likeness (QED) is 0.813. The Labute approximate surface area is 163 Å². The fourth-order valence-electron chi connectivity index (χ4n) is 4.94. The number of hydrogen-bond acceptors (Lipinski definition) is 6. The molecule has 3 unspecified atom stereocenters. The Morgan fingerprint density at radius 3 is 3.00 bits per heavy atom. The number of aromatic nitrogens is 2. The molecule has 1 aliphatic carbocycles. The molecule has 4 heterocycles. The number of rotatable bonds is 3. The first-order valence-corrected chi connectivity index (χ1v) is 9.93. The van der Waals surface area contributed by atoms with E-state index in [1.807, 2.05) is 19.1 Å². The van der Waals surface area contributed by atoms with E-state index in [1.165, 1.54) is 0 Å². The number of carbonyl (C=O) groups is 1. The molecule has 2 bridgehead atoms. The van der Waals surface area contributed by atoms with Crippen LogP contribution in [0.5, 0.6) is 0 Å². The molecule has 1 saturated carbocycles. The lowest BCUT2D eigenvalue weighted by atomic mass is 10.0. The van der Waals surface area contributed by atoms with Gasteiger partial charge in [-0.15, -0.1) is 0 Å². The van der Waals surface area contributed by atoms with Crippen LogP contribution >= 0.6 is 0 Å². The predicted octanol–water partition coefficient (Wildman–Crippen LogP) is 0.666. The number of piperidine rings is 1. The van der Waals surface area contributed by atoms with Crippen molar-refractivity contribution >= 4 is 17.1 Å². The first kappa shape index (κ1) is 17.5. The Morgan fingerprint density at radius 1 is 1.36 bits per heavy atom. The van der Waals surface area contributed by atoms with Crippen molar-refractivity contribution < 1.29 is 9.53 Å². The normalized spacial score (nSPS) is 31.9. The number of morpholine rings is 1. The van der Waals surface area contributed by atoms with Crippen LogP contribution < -0.4 is 15.5 Å². The number of anilines is 1. The molecule has 8 nitrogen and oxygen atoms in total. The minimum atomic E-state index is -0.505. The van der Waals surface area contributed by atoms with Crippen LogP contribution in [0, 0.1) is 17.2 Å². The summed E-state index contributed by atoms with van der Waals surface area (Å²) in [4.78, 5) is 15.1. The van der Waals surface area contributed by atoms with Gasteiger partial charge >= 0.3 is 0 Å². The number of nitrogens with one attached hydrogen (secondary N) is 2. The molecule has 8 heteroatoms. The Hall–Kier alpha value is -2.63. The summed E-state index contributed by atoms with van der Waals surface area (Å²) in [6.07, 6.45) is 3.29. The molecule has 1 amide bonds. The first-order valence-electron chi connectivity index (χ1n) is 9.93. The molecule has 5 atom stereocenters. The molecular weight excluding hydrogens is 356 g/mol. The van der Waals surface area contributed by atoms with Gasteiger partial charge < -0.3 is 20.3 Å². The zero-order valence-corrected chi connectivity index (χ0v) is 15.8. The van der Waals surface area contributed by atoms with Gasteiger partial charge in [-0.3, -0.25) is 4.79 Å². The molecule has 2 N–H and O–H groups in total. The predicted molar refractivity (Wildman–Crippen MR) is 103 cm³/mol. The number of nitrogens with zero attached hydrogens (tertiary/aromatic N) is 4. The Kier molecular flexibility index (Phi) is 4.22. The Bertz CT molecular complexity index is 950. The summed E-state index contributed by atoms with van der Waals surface area (Å²) in [6, 6.07) is 8.57. The number of carbonyl (C=O) groups excluding carboxylic acids is 1. The highest BCUT2D eigenvalue weighted by molar-refractivity contribution is 5.83. The zero-order chi connectivity index (χ0) is 19.3. The van der Waals surface area contributed by atoms with E-state index in [-0.39, 0.29) is 18.1 Å². The fraction of sp³-hybridized carbons (Fsp3) is 0.550. The highest BCUT2D eigenvalue weighted by atomic mass is 16.5. The maximum atomic E-state index is 12.9. The second-order valence-electron chi connectivity index (χ2n) is 8.14. The van der Waals surface area contributed by atoms with Gasteiger partial charge in [0, 0.05) is 25.2 Å². The summed E-state index contributed by atoms with van der Waals surface area (Å²) < 4.78 is 7.63. The smallest absolute Gasteiger partial charge is 0.251 e. The molecule has 2 aliphatic heterocycles. The summed E-state index contributed by atoms with van der Waals surface area (Å²) in [5, 5.41) is 20.3. The maximum absolute atomic E-state index is 12.9. The molecular formula is C20H24N6O2. The van der Waals surface area contributed by atoms with E-state index in [9.17, 15) is 10.1 Å². The van der Waals surface area contributed by atoms with Crippen LogP contribution in [0.1, 0.15) is 25.5 Å². The SMILES string of the molecule is C[C@@H]1CN(c2ccc(C#N)n3nccc23)C[C@H](C(=O)NC2CC3CC2CN3)O1. The highest BCUT2D eigenvalue weighted by Crippen LogP contribution is 2.32. The van der Waals surface area contributed by atoms with Crippen LogP contribution in [-0.2, 0) is 9.53 Å². The standard InChI is InChI=1S/C20H24N6O2/c1-12-10-25(17-3-2-15(8-21)26-18(17)4-5-23-26)11-19(28-12)20(27)24-16-7-14-6-13(16)9-22-14/h2-5,12-14,16,19,22H,6-7,9-11H2,1H3,(H,24,27)/t12-,13?,14?,16?,19-/m1/s1. The molecule has 0 radical (unpaired) electrons. The Morgan fingerprint density at radius 2 is 2.25 bits per heavy atom. The van der Waals surface area contributed by atoms with Gasteiger partial charge in [0.1, 0.15) is 11.8 Å². The van der Waals surface area contributed by atoms with Crippen molar-refractivity contribution in [1.82, 2.24) is 20.2 Å². The van der Waals surface area contributed by atoms with E-state index in [1.54, 1.807) is 16.8 Å². The number of fused-ring (bicyclic) bond motifs is 3. The molecule has 2 saturated heterocycles. The molecule has 5 rings (SSSR count). The average Bonchev–Trinajstić information content (AvgIpc) is 3.43. The highest BCUT2D eigenvalue weighted by Gasteiger charge is 2.41. The van der Waals surface area contributed by atoms with Crippen LogP contribution in [0.2, 0.25) is 0 Å². The zero-order valence-electron chi connectivity index (χ0n) is 15.8. The van der Waals surface area contributed by atoms with Gasteiger partial charge in [0.25, 0.3) is 5.91 Å². The molecule has 0 spiro atoms. The number of hydrogen-bond donors (Lipinski definition) is 2. The molecule has 3 fully saturated rings. The molecule has 2 aromatic rings. The van der Waals surface area contributed by atoms with E-state index >= 15 is 0 Å². The molecule has 2 aromatic heterocycles. The first-order chi connectivity index (χ1) is 13.6. The number of nitriles is 1.